The van der Waals surface area contributed by atoms with Crippen molar-refractivity contribution in [3.63, 3.8) is 0 Å². The number of nitrogens with one attached hydrogen (secondary N) is 1. The van der Waals surface area contributed by atoms with Crippen LogP contribution in [0.25, 0.3) is 0 Å². The molecular weight excluding hydrogens is 241 g/mol. The maximum absolute atomic E-state index is 13.0. The van der Waals surface area contributed by atoms with Gasteiger partial charge in [0.1, 0.15) is 11.6 Å². The van der Waals surface area contributed by atoms with Gasteiger partial charge in [0.05, 0.1) is 12.8 Å². The highest BCUT2D eigenvalue weighted by Crippen LogP contribution is 2.20. The highest BCUT2D eigenvalue weighted by Gasteiger charge is 2.11. The minimum Gasteiger partial charge on any atom is -0.468 e. The Morgan fingerprint density at radius 3 is 2.63 bits per heavy atom. The zero-order valence-electron chi connectivity index (χ0n) is 11.2. The van der Waals surface area contributed by atoms with Crippen LogP contribution in [0.2, 0.25) is 0 Å². The van der Waals surface area contributed by atoms with Crippen LogP contribution in [0, 0.1) is 5.82 Å². The zero-order chi connectivity index (χ0) is 13.5. The average Bonchev–Trinajstić information content (AvgIpc) is 2.93. The van der Waals surface area contributed by atoms with Crippen LogP contribution in [0.1, 0.15) is 43.6 Å². The fourth-order valence-corrected chi connectivity index (χ4v) is 2.13. The number of furan rings is 1. The van der Waals surface area contributed by atoms with Crippen molar-refractivity contribution >= 4 is 0 Å². The summed E-state index contributed by atoms with van der Waals surface area (Å²) >= 11 is 0. The van der Waals surface area contributed by atoms with Gasteiger partial charge in [0, 0.05) is 6.04 Å². The molecule has 0 radical (unpaired) electrons. The van der Waals surface area contributed by atoms with Crippen molar-refractivity contribution in [3.8, 4) is 0 Å². The van der Waals surface area contributed by atoms with Gasteiger partial charge in [0.25, 0.3) is 0 Å². The first-order valence-electron chi connectivity index (χ1n) is 6.81. The first-order valence-corrected chi connectivity index (χ1v) is 6.81. The van der Waals surface area contributed by atoms with E-state index in [-0.39, 0.29) is 11.9 Å². The zero-order valence-corrected chi connectivity index (χ0v) is 11.2. The molecule has 102 valence electrons. The van der Waals surface area contributed by atoms with E-state index in [9.17, 15) is 4.39 Å². The minimum absolute atomic E-state index is 0.191. The summed E-state index contributed by atoms with van der Waals surface area (Å²) < 4.78 is 18.3. The lowest BCUT2D eigenvalue weighted by molar-refractivity contribution is 0.428. The summed E-state index contributed by atoms with van der Waals surface area (Å²) in [5.41, 5.74) is 1.13. The molecule has 2 rings (SSSR count). The second-order valence-corrected chi connectivity index (χ2v) is 4.71. The predicted molar refractivity (Wildman–Crippen MR) is 74.2 cm³/mol. The maximum atomic E-state index is 13.0. The smallest absolute Gasteiger partial charge is 0.123 e. The van der Waals surface area contributed by atoms with Crippen LogP contribution in [0.4, 0.5) is 4.39 Å². The number of hydrogen-bond donors (Lipinski definition) is 1. The number of hydrogen-bond acceptors (Lipinski definition) is 2. The average molecular weight is 261 g/mol. The molecule has 1 aromatic carbocycles. The lowest BCUT2D eigenvalue weighted by Gasteiger charge is -2.18. The van der Waals surface area contributed by atoms with E-state index >= 15 is 0 Å². The third-order valence-electron chi connectivity index (χ3n) is 3.22. The number of halogens is 1. The molecule has 0 spiro atoms. The van der Waals surface area contributed by atoms with E-state index < -0.39 is 0 Å². The topological polar surface area (TPSA) is 25.2 Å². The summed E-state index contributed by atoms with van der Waals surface area (Å²) in [6, 6.07) is 10.8. The minimum atomic E-state index is -0.191. The Kier molecular flexibility index (Phi) is 5.16. The Bertz CT molecular complexity index is 464. The summed E-state index contributed by atoms with van der Waals surface area (Å²) in [4.78, 5) is 0. The second kappa shape index (κ2) is 7.10. The van der Waals surface area contributed by atoms with Gasteiger partial charge in [0.2, 0.25) is 0 Å². The molecule has 0 saturated heterocycles. The Morgan fingerprint density at radius 2 is 2.00 bits per heavy atom. The first kappa shape index (κ1) is 13.8. The van der Waals surface area contributed by atoms with Gasteiger partial charge in [-0.3, -0.25) is 0 Å². The quantitative estimate of drug-likeness (QED) is 0.797. The standard InChI is InChI=1S/C16H20FNO/c1-2-3-6-16(13-7-9-14(17)10-8-13)18-12-15-5-4-11-19-15/h4-5,7-11,16,18H,2-3,6,12H2,1H3. The van der Waals surface area contributed by atoms with Gasteiger partial charge in [-0.2, -0.15) is 0 Å². The van der Waals surface area contributed by atoms with Crippen LogP contribution in [0.5, 0.6) is 0 Å². The van der Waals surface area contributed by atoms with Crippen molar-refractivity contribution in [2.75, 3.05) is 0 Å². The number of rotatable bonds is 7. The van der Waals surface area contributed by atoms with Gasteiger partial charge in [-0.05, 0) is 36.2 Å². The van der Waals surface area contributed by atoms with Crippen molar-refractivity contribution in [3.05, 3.63) is 59.8 Å². The molecule has 1 N–H and O–H groups in total. The molecule has 0 amide bonds. The van der Waals surface area contributed by atoms with Crippen LogP contribution in [-0.2, 0) is 6.54 Å². The van der Waals surface area contributed by atoms with Gasteiger partial charge in [-0.25, -0.2) is 4.39 Å². The van der Waals surface area contributed by atoms with Crippen molar-refractivity contribution < 1.29 is 8.81 Å². The van der Waals surface area contributed by atoms with E-state index in [1.54, 1.807) is 6.26 Å². The SMILES string of the molecule is CCCCC(NCc1ccco1)c1ccc(F)cc1. The predicted octanol–water partition coefficient (Wildman–Crippen LogP) is 4.44. The van der Waals surface area contributed by atoms with Crippen LogP contribution in [0.15, 0.2) is 47.1 Å². The number of benzene rings is 1. The summed E-state index contributed by atoms with van der Waals surface area (Å²) in [5, 5.41) is 3.48. The van der Waals surface area contributed by atoms with E-state index in [2.05, 4.69) is 12.2 Å². The molecule has 0 aliphatic carbocycles. The van der Waals surface area contributed by atoms with E-state index in [0.29, 0.717) is 6.54 Å². The van der Waals surface area contributed by atoms with Crippen LogP contribution >= 0.6 is 0 Å². The molecule has 0 aliphatic heterocycles. The second-order valence-electron chi connectivity index (χ2n) is 4.71. The molecule has 0 bridgehead atoms. The van der Waals surface area contributed by atoms with Crippen molar-refractivity contribution in [2.24, 2.45) is 0 Å². The monoisotopic (exact) mass is 261 g/mol. The lowest BCUT2D eigenvalue weighted by Crippen LogP contribution is -2.20. The van der Waals surface area contributed by atoms with Gasteiger partial charge in [-0.15, -0.1) is 0 Å². The summed E-state index contributed by atoms with van der Waals surface area (Å²) in [5.74, 6) is 0.729. The van der Waals surface area contributed by atoms with Gasteiger partial charge in [0.15, 0.2) is 0 Å². The largest absolute Gasteiger partial charge is 0.468 e. The highest BCUT2D eigenvalue weighted by molar-refractivity contribution is 5.20. The fraction of sp³-hybridized carbons (Fsp3) is 0.375. The molecule has 1 aromatic heterocycles. The summed E-state index contributed by atoms with van der Waals surface area (Å²) in [6.07, 6.45) is 5.02. The molecule has 0 aliphatic rings. The van der Waals surface area contributed by atoms with Crippen LogP contribution in [0.3, 0.4) is 0 Å². The maximum Gasteiger partial charge on any atom is 0.123 e. The Morgan fingerprint density at radius 1 is 1.21 bits per heavy atom. The third-order valence-corrected chi connectivity index (χ3v) is 3.22. The molecular formula is C16H20FNO. The molecule has 1 unspecified atom stereocenters. The molecule has 2 nitrogen and oxygen atoms in total. The number of unbranched alkanes of at least 4 members (excludes halogenated alkanes) is 1. The van der Waals surface area contributed by atoms with Crippen LogP contribution in [-0.4, -0.2) is 0 Å². The Labute approximate surface area is 113 Å². The molecule has 3 heteroatoms. The fourth-order valence-electron chi connectivity index (χ4n) is 2.13. The van der Waals surface area contributed by atoms with Crippen LogP contribution < -0.4 is 5.32 Å². The van der Waals surface area contributed by atoms with Gasteiger partial charge < -0.3 is 9.73 Å². The normalized spacial score (nSPS) is 12.5. The van der Waals surface area contributed by atoms with E-state index in [1.807, 2.05) is 24.3 Å². The summed E-state index contributed by atoms with van der Waals surface area (Å²) in [7, 11) is 0. The molecule has 19 heavy (non-hydrogen) atoms. The highest BCUT2D eigenvalue weighted by atomic mass is 19.1. The van der Waals surface area contributed by atoms with Gasteiger partial charge in [-0.1, -0.05) is 31.9 Å². The molecule has 1 atom stereocenters. The molecule has 0 saturated carbocycles. The van der Waals surface area contributed by atoms with E-state index in [4.69, 9.17) is 4.42 Å². The third kappa shape index (κ3) is 4.21. The van der Waals surface area contributed by atoms with Gasteiger partial charge >= 0.3 is 0 Å². The van der Waals surface area contributed by atoms with Crippen molar-refractivity contribution in [1.29, 1.82) is 0 Å². The molecule has 0 fully saturated rings. The molecule has 2 aromatic rings. The van der Waals surface area contributed by atoms with Crippen molar-refractivity contribution in [2.45, 2.75) is 38.8 Å². The Balaban J connectivity index is 2.00. The van der Waals surface area contributed by atoms with E-state index in [1.165, 1.54) is 12.1 Å². The first-order chi connectivity index (χ1) is 9.29. The lowest BCUT2D eigenvalue weighted by atomic mass is 10.0. The Hall–Kier alpha value is -1.61. The van der Waals surface area contributed by atoms with E-state index in [0.717, 1.165) is 30.6 Å². The summed E-state index contributed by atoms with van der Waals surface area (Å²) in [6.45, 7) is 2.87. The van der Waals surface area contributed by atoms with Crippen molar-refractivity contribution in [1.82, 2.24) is 5.32 Å². The molecule has 1 heterocycles.